The Kier molecular flexibility index (Phi) is 3.18. The molecule has 3 rings (SSSR count). The molecular weight excluding hydrogens is 254 g/mol. The van der Waals surface area contributed by atoms with Crippen molar-refractivity contribution < 1.29 is 9.59 Å². The molecule has 104 valence electrons. The number of carbonyl (C=O) groups is 2. The minimum absolute atomic E-state index is 0.125. The van der Waals surface area contributed by atoms with Crippen LogP contribution in [0, 0.1) is 0 Å². The third kappa shape index (κ3) is 2.52. The van der Waals surface area contributed by atoms with Gasteiger partial charge in [0.1, 0.15) is 6.04 Å². The number of H-pyrrole nitrogens is 1. The van der Waals surface area contributed by atoms with Gasteiger partial charge >= 0.3 is 0 Å². The second-order valence-corrected chi connectivity index (χ2v) is 5.23. The summed E-state index contributed by atoms with van der Waals surface area (Å²) in [5, 5.41) is 6.60. The van der Waals surface area contributed by atoms with E-state index in [0.717, 1.165) is 23.7 Å². The summed E-state index contributed by atoms with van der Waals surface area (Å²) in [5.74, 6) is -0.365. The van der Waals surface area contributed by atoms with Crippen LogP contribution >= 0.6 is 0 Å². The topological polar surface area (TPSA) is 74.0 Å². The van der Waals surface area contributed by atoms with Crippen molar-refractivity contribution in [1.82, 2.24) is 15.6 Å². The highest BCUT2D eigenvalue weighted by Crippen LogP contribution is 2.19. The average Bonchev–Trinajstić information content (AvgIpc) is 3.11. The Morgan fingerprint density at radius 2 is 2.10 bits per heavy atom. The normalized spacial score (nSPS) is 15.8. The van der Waals surface area contributed by atoms with E-state index in [2.05, 4.69) is 15.6 Å². The second kappa shape index (κ2) is 5.00. The lowest BCUT2D eigenvalue weighted by Gasteiger charge is -2.14. The number of aromatic amines is 1. The SMILES string of the molecule is CC(NC(=O)c1cccc2cc[nH]c12)C(=O)NC1CC1. The molecule has 1 heterocycles. The monoisotopic (exact) mass is 271 g/mol. The Hall–Kier alpha value is -2.30. The molecule has 1 unspecified atom stereocenters. The van der Waals surface area contributed by atoms with E-state index in [0.29, 0.717) is 11.6 Å². The zero-order valence-corrected chi connectivity index (χ0v) is 11.3. The van der Waals surface area contributed by atoms with Crippen molar-refractivity contribution in [3.05, 3.63) is 36.0 Å². The van der Waals surface area contributed by atoms with E-state index in [4.69, 9.17) is 0 Å². The molecule has 0 bridgehead atoms. The van der Waals surface area contributed by atoms with Gasteiger partial charge in [0.25, 0.3) is 5.91 Å². The predicted octanol–water partition coefficient (Wildman–Crippen LogP) is 1.56. The van der Waals surface area contributed by atoms with Crippen molar-refractivity contribution in [2.45, 2.75) is 31.8 Å². The molecule has 1 fully saturated rings. The summed E-state index contributed by atoms with van der Waals surface area (Å²) in [6.45, 7) is 1.70. The van der Waals surface area contributed by atoms with Gasteiger partial charge < -0.3 is 15.6 Å². The molecule has 5 nitrogen and oxygen atoms in total. The second-order valence-electron chi connectivity index (χ2n) is 5.23. The van der Waals surface area contributed by atoms with E-state index in [1.54, 1.807) is 19.2 Å². The number of benzene rings is 1. The van der Waals surface area contributed by atoms with Gasteiger partial charge in [0, 0.05) is 17.6 Å². The van der Waals surface area contributed by atoms with Crippen LogP contribution in [0.4, 0.5) is 0 Å². The van der Waals surface area contributed by atoms with E-state index in [1.165, 1.54) is 0 Å². The minimum Gasteiger partial charge on any atom is -0.361 e. The lowest BCUT2D eigenvalue weighted by atomic mass is 10.1. The molecule has 1 atom stereocenters. The zero-order chi connectivity index (χ0) is 14.1. The number of carbonyl (C=O) groups excluding carboxylic acids is 2. The number of amides is 2. The molecule has 3 N–H and O–H groups in total. The van der Waals surface area contributed by atoms with Crippen molar-refractivity contribution in [3.8, 4) is 0 Å². The first-order valence-electron chi connectivity index (χ1n) is 6.82. The Balaban J connectivity index is 1.72. The maximum Gasteiger partial charge on any atom is 0.254 e. The molecule has 1 aliphatic carbocycles. The molecule has 5 heteroatoms. The van der Waals surface area contributed by atoms with Gasteiger partial charge in [-0.15, -0.1) is 0 Å². The number of nitrogens with one attached hydrogen (secondary N) is 3. The molecule has 1 aromatic heterocycles. The van der Waals surface area contributed by atoms with Gasteiger partial charge in [0.2, 0.25) is 5.91 Å². The first kappa shape index (κ1) is 12.7. The van der Waals surface area contributed by atoms with E-state index < -0.39 is 6.04 Å². The Morgan fingerprint density at radius 1 is 1.30 bits per heavy atom. The maximum absolute atomic E-state index is 12.3. The molecule has 1 saturated carbocycles. The fraction of sp³-hybridized carbons (Fsp3) is 0.333. The van der Waals surface area contributed by atoms with Crippen LogP contribution in [0.1, 0.15) is 30.1 Å². The van der Waals surface area contributed by atoms with E-state index in [-0.39, 0.29) is 11.8 Å². The molecule has 20 heavy (non-hydrogen) atoms. The van der Waals surface area contributed by atoms with Crippen molar-refractivity contribution in [2.75, 3.05) is 0 Å². The van der Waals surface area contributed by atoms with Crippen molar-refractivity contribution in [1.29, 1.82) is 0 Å². The third-order valence-corrected chi connectivity index (χ3v) is 3.50. The minimum atomic E-state index is -0.534. The van der Waals surface area contributed by atoms with Crippen LogP contribution < -0.4 is 10.6 Å². The van der Waals surface area contributed by atoms with E-state index in [9.17, 15) is 9.59 Å². The highest BCUT2D eigenvalue weighted by molar-refractivity contribution is 6.06. The van der Waals surface area contributed by atoms with Crippen LogP contribution in [0.2, 0.25) is 0 Å². The number of para-hydroxylation sites is 1. The molecule has 0 aliphatic heterocycles. The van der Waals surface area contributed by atoms with E-state index in [1.807, 2.05) is 18.2 Å². The summed E-state index contributed by atoms with van der Waals surface area (Å²) >= 11 is 0. The molecule has 0 spiro atoms. The summed E-state index contributed by atoms with van der Waals surface area (Å²) in [7, 11) is 0. The summed E-state index contributed by atoms with van der Waals surface area (Å²) in [4.78, 5) is 27.2. The predicted molar refractivity (Wildman–Crippen MR) is 76.4 cm³/mol. The van der Waals surface area contributed by atoms with Crippen LogP contribution in [0.25, 0.3) is 10.9 Å². The lowest BCUT2D eigenvalue weighted by molar-refractivity contribution is -0.122. The number of hydrogen-bond donors (Lipinski definition) is 3. The van der Waals surface area contributed by atoms with Crippen LogP contribution in [0.3, 0.4) is 0 Å². The highest BCUT2D eigenvalue weighted by atomic mass is 16.2. The quantitative estimate of drug-likeness (QED) is 0.789. The summed E-state index contributed by atoms with van der Waals surface area (Å²) in [6, 6.07) is 7.20. The van der Waals surface area contributed by atoms with Gasteiger partial charge in [-0.1, -0.05) is 12.1 Å². The van der Waals surface area contributed by atoms with Crippen LogP contribution in [-0.2, 0) is 4.79 Å². The standard InChI is InChI=1S/C15H17N3O2/c1-9(14(19)18-11-5-6-11)17-15(20)12-4-2-3-10-7-8-16-13(10)12/h2-4,7-9,11,16H,5-6H2,1H3,(H,17,20)(H,18,19). The van der Waals surface area contributed by atoms with Gasteiger partial charge in [0.05, 0.1) is 11.1 Å². The highest BCUT2D eigenvalue weighted by Gasteiger charge is 2.26. The largest absolute Gasteiger partial charge is 0.361 e. The van der Waals surface area contributed by atoms with E-state index >= 15 is 0 Å². The van der Waals surface area contributed by atoms with Gasteiger partial charge in [0.15, 0.2) is 0 Å². The number of rotatable bonds is 4. The summed E-state index contributed by atoms with van der Waals surface area (Å²) in [6.07, 6.45) is 3.87. The van der Waals surface area contributed by atoms with Gasteiger partial charge in [-0.25, -0.2) is 0 Å². The zero-order valence-electron chi connectivity index (χ0n) is 11.3. The molecule has 0 radical (unpaired) electrons. The molecule has 2 aromatic rings. The molecule has 1 aliphatic rings. The number of fused-ring (bicyclic) bond motifs is 1. The summed E-state index contributed by atoms with van der Waals surface area (Å²) in [5.41, 5.74) is 1.35. The molecular formula is C15H17N3O2. The van der Waals surface area contributed by atoms with Crippen LogP contribution in [0.15, 0.2) is 30.5 Å². The maximum atomic E-state index is 12.3. The first-order chi connectivity index (χ1) is 9.65. The number of aromatic nitrogens is 1. The summed E-state index contributed by atoms with van der Waals surface area (Å²) < 4.78 is 0. The fourth-order valence-corrected chi connectivity index (χ4v) is 2.17. The smallest absolute Gasteiger partial charge is 0.254 e. The lowest BCUT2D eigenvalue weighted by Crippen LogP contribution is -2.45. The van der Waals surface area contributed by atoms with Crippen molar-refractivity contribution in [3.63, 3.8) is 0 Å². The molecule has 2 amide bonds. The number of hydrogen-bond acceptors (Lipinski definition) is 2. The Bertz CT molecular complexity index is 658. The van der Waals surface area contributed by atoms with Crippen LogP contribution in [0.5, 0.6) is 0 Å². The van der Waals surface area contributed by atoms with Crippen LogP contribution in [-0.4, -0.2) is 28.9 Å². The third-order valence-electron chi connectivity index (χ3n) is 3.50. The Labute approximate surface area is 116 Å². The fourth-order valence-electron chi connectivity index (χ4n) is 2.17. The Morgan fingerprint density at radius 3 is 2.85 bits per heavy atom. The van der Waals surface area contributed by atoms with Gasteiger partial charge in [-0.05, 0) is 31.9 Å². The first-order valence-corrected chi connectivity index (χ1v) is 6.82. The average molecular weight is 271 g/mol. The van der Waals surface area contributed by atoms with Crippen molar-refractivity contribution in [2.24, 2.45) is 0 Å². The molecule has 1 aromatic carbocycles. The van der Waals surface area contributed by atoms with Gasteiger partial charge in [-0.3, -0.25) is 9.59 Å². The molecule has 0 saturated heterocycles. The van der Waals surface area contributed by atoms with Crippen molar-refractivity contribution >= 4 is 22.7 Å². The van der Waals surface area contributed by atoms with Gasteiger partial charge in [-0.2, -0.15) is 0 Å².